The Morgan fingerprint density at radius 1 is 1.27 bits per heavy atom. The van der Waals surface area contributed by atoms with E-state index in [1.807, 2.05) is 0 Å². The van der Waals surface area contributed by atoms with Gasteiger partial charge in [0.2, 0.25) is 6.41 Å². The zero-order chi connectivity index (χ0) is 18.7. The molecule has 0 aliphatic carbocycles. The van der Waals surface area contributed by atoms with Gasteiger partial charge in [-0.05, 0) is 60.4 Å². The van der Waals surface area contributed by atoms with Crippen molar-refractivity contribution >= 4 is 24.1 Å². The van der Waals surface area contributed by atoms with Gasteiger partial charge in [-0.1, -0.05) is 12.1 Å². The molecule has 0 fully saturated rings. The normalized spacial score (nSPS) is 13.5. The number of carbonyl (C=O) groups excluding carboxylic acids is 1. The molecule has 26 heavy (non-hydrogen) atoms. The number of carbonyl (C=O) groups is 2. The molecule has 5 nitrogen and oxygen atoms in total. The molecule has 0 saturated carbocycles. The lowest BCUT2D eigenvalue weighted by Crippen LogP contribution is -2.22. The summed E-state index contributed by atoms with van der Waals surface area (Å²) in [6.07, 6.45) is 2.51. The Hall–Kier alpha value is -3.15. The summed E-state index contributed by atoms with van der Waals surface area (Å²) in [5, 5.41) is 9.31. The van der Waals surface area contributed by atoms with Crippen molar-refractivity contribution in [3.63, 3.8) is 0 Å². The quantitative estimate of drug-likeness (QED) is 0.830. The number of anilines is 1. The Bertz CT molecular complexity index is 891. The number of carboxylic acids is 1. The van der Waals surface area contributed by atoms with Crippen molar-refractivity contribution in [3.8, 4) is 16.9 Å². The number of benzene rings is 2. The molecule has 1 aliphatic heterocycles. The van der Waals surface area contributed by atoms with Crippen LogP contribution in [0.2, 0.25) is 0 Å². The molecule has 2 aromatic rings. The van der Waals surface area contributed by atoms with E-state index in [9.17, 15) is 19.1 Å². The van der Waals surface area contributed by atoms with Crippen molar-refractivity contribution in [3.05, 3.63) is 53.4 Å². The first-order valence-corrected chi connectivity index (χ1v) is 8.26. The van der Waals surface area contributed by atoms with Gasteiger partial charge in [-0.2, -0.15) is 0 Å². The van der Waals surface area contributed by atoms with Crippen molar-refractivity contribution in [2.75, 3.05) is 18.1 Å². The standard InChI is InChI=1S/C20H18FNO4/c1-2-26-19-6-4-14(11-17(19)21)13-3-5-18-16(9-13)10-15(20(24)25)7-8-22(18)12-23/h3-6,9-12H,2,7-8H2,1H3,(H,24,25). The van der Waals surface area contributed by atoms with Gasteiger partial charge in [0, 0.05) is 12.1 Å². The van der Waals surface area contributed by atoms with E-state index in [0.29, 0.717) is 36.4 Å². The van der Waals surface area contributed by atoms with Crippen LogP contribution >= 0.6 is 0 Å². The van der Waals surface area contributed by atoms with Crippen molar-refractivity contribution in [2.24, 2.45) is 0 Å². The molecular weight excluding hydrogens is 337 g/mol. The Kier molecular flexibility index (Phi) is 5.02. The maximum absolute atomic E-state index is 14.1. The summed E-state index contributed by atoms with van der Waals surface area (Å²) in [5.41, 5.74) is 2.83. The third-order valence-corrected chi connectivity index (χ3v) is 4.26. The number of ether oxygens (including phenoxy) is 1. The number of aliphatic carboxylic acids is 1. The van der Waals surface area contributed by atoms with E-state index in [2.05, 4.69) is 0 Å². The molecule has 0 unspecified atom stereocenters. The number of rotatable bonds is 5. The minimum Gasteiger partial charge on any atom is -0.491 e. The van der Waals surface area contributed by atoms with Crippen LogP contribution in [0.15, 0.2) is 42.0 Å². The van der Waals surface area contributed by atoms with E-state index in [1.165, 1.54) is 11.0 Å². The van der Waals surface area contributed by atoms with Crippen LogP contribution in [-0.4, -0.2) is 30.6 Å². The zero-order valence-corrected chi connectivity index (χ0v) is 14.2. The molecule has 2 aromatic carbocycles. The number of fused-ring (bicyclic) bond motifs is 1. The summed E-state index contributed by atoms with van der Waals surface area (Å²) >= 11 is 0. The minimum absolute atomic E-state index is 0.186. The second-order valence-corrected chi connectivity index (χ2v) is 5.88. The Balaban J connectivity index is 2.06. The number of hydrogen-bond acceptors (Lipinski definition) is 3. The number of amides is 1. The summed E-state index contributed by atoms with van der Waals surface area (Å²) in [6.45, 7) is 2.45. The first-order chi connectivity index (χ1) is 12.5. The smallest absolute Gasteiger partial charge is 0.331 e. The molecular formula is C20H18FNO4. The first-order valence-electron chi connectivity index (χ1n) is 8.26. The lowest BCUT2D eigenvalue weighted by molar-refractivity contribution is -0.132. The summed E-state index contributed by atoms with van der Waals surface area (Å²) in [5.74, 6) is -1.29. The molecule has 6 heteroatoms. The van der Waals surface area contributed by atoms with Gasteiger partial charge in [0.15, 0.2) is 11.6 Å². The number of carboxylic acid groups (broad SMARTS) is 1. The molecule has 1 N–H and O–H groups in total. The van der Waals surface area contributed by atoms with Crippen LogP contribution in [-0.2, 0) is 9.59 Å². The lowest BCUT2D eigenvalue weighted by atomic mass is 10.00. The second kappa shape index (κ2) is 7.39. The predicted molar refractivity (Wildman–Crippen MR) is 96.6 cm³/mol. The van der Waals surface area contributed by atoms with Gasteiger partial charge in [0.1, 0.15) is 0 Å². The molecule has 3 rings (SSSR count). The highest BCUT2D eigenvalue weighted by atomic mass is 19.1. The van der Waals surface area contributed by atoms with Crippen molar-refractivity contribution in [1.82, 2.24) is 0 Å². The zero-order valence-electron chi connectivity index (χ0n) is 14.2. The van der Waals surface area contributed by atoms with Gasteiger partial charge >= 0.3 is 5.97 Å². The highest BCUT2D eigenvalue weighted by Crippen LogP contribution is 2.33. The lowest BCUT2D eigenvalue weighted by Gasteiger charge is -2.18. The highest BCUT2D eigenvalue weighted by molar-refractivity contribution is 5.96. The fraction of sp³-hybridized carbons (Fsp3) is 0.200. The Morgan fingerprint density at radius 2 is 2.00 bits per heavy atom. The predicted octanol–water partition coefficient (Wildman–Crippen LogP) is 3.73. The summed E-state index contributed by atoms with van der Waals surface area (Å²) in [7, 11) is 0. The van der Waals surface area contributed by atoms with Gasteiger partial charge in [-0.3, -0.25) is 4.79 Å². The Labute approximate surface area is 150 Å². The summed E-state index contributed by atoms with van der Waals surface area (Å²) < 4.78 is 19.4. The fourth-order valence-electron chi connectivity index (χ4n) is 2.96. The highest BCUT2D eigenvalue weighted by Gasteiger charge is 2.19. The molecule has 1 heterocycles. The maximum Gasteiger partial charge on any atom is 0.331 e. The molecule has 0 spiro atoms. The summed E-state index contributed by atoms with van der Waals surface area (Å²) in [4.78, 5) is 24.2. The average Bonchev–Trinajstić information content (AvgIpc) is 2.82. The third-order valence-electron chi connectivity index (χ3n) is 4.26. The van der Waals surface area contributed by atoms with Crippen molar-refractivity contribution in [1.29, 1.82) is 0 Å². The van der Waals surface area contributed by atoms with Crippen molar-refractivity contribution < 1.29 is 23.8 Å². The van der Waals surface area contributed by atoms with Crippen LogP contribution in [0, 0.1) is 5.82 Å². The Morgan fingerprint density at radius 3 is 2.65 bits per heavy atom. The monoisotopic (exact) mass is 355 g/mol. The first kappa shape index (κ1) is 17.7. The minimum atomic E-state index is -1.01. The van der Waals surface area contributed by atoms with Crippen LogP contribution in [0.1, 0.15) is 18.9 Å². The molecule has 1 amide bonds. The molecule has 0 saturated heterocycles. The maximum atomic E-state index is 14.1. The molecule has 0 bridgehead atoms. The average molecular weight is 355 g/mol. The molecule has 134 valence electrons. The number of nitrogens with zero attached hydrogens (tertiary/aromatic N) is 1. The summed E-state index contributed by atoms with van der Waals surface area (Å²) in [6, 6.07) is 9.97. The van der Waals surface area contributed by atoms with E-state index >= 15 is 0 Å². The van der Waals surface area contributed by atoms with E-state index < -0.39 is 11.8 Å². The molecule has 0 aromatic heterocycles. The second-order valence-electron chi connectivity index (χ2n) is 5.88. The van der Waals surface area contributed by atoms with Crippen LogP contribution < -0.4 is 9.64 Å². The van der Waals surface area contributed by atoms with Gasteiger partial charge in [0.05, 0.1) is 12.3 Å². The third kappa shape index (κ3) is 3.44. The topological polar surface area (TPSA) is 66.8 Å². The van der Waals surface area contributed by atoms with Crippen molar-refractivity contribution in [2.45, 2.75) is 13.3 Å². The fourth-order valence-corrected chi connectivity index (χ4v) is 2.96. The van der Waals surface area contributed by atoms with Gasteiger partial charge in [-0.15, -0.1) is 0 Å². The van der Waals surface area contributed by atoms with E-state index in [4.69, 9.17) is 4.74 Å². The van der Waals surface area contributed by atoms with Crippen LogP contribution in [0.25, 0.3) is 17.2 Å². The van der Waals surface area contributed by atoms with Crippen LogP contribution in [0.4, 0.5) is 10.1 Å². The number of hydrogen-bond donors (Lipinski definition) is 1. The largest absolute Gasteiger partial charge is 0.491 e. The van der Waals surface area contributed by atoms with E-state index in [-0.39, 0.29) is 17.7 Å². The molecule has 1 aliphatic rings. The molecule has 0 atom stereocenters. The molecule has 0 radical (unpaired) electrons. The van der Waals surface area contributed by atoms with Gasteiger partial charge < -0.3 is 14.7 Å². The number of halogens is 1. The van der Waals surface area contributed by atoms with Gasteiger partial charge in [-0.25, -0.2) is 9.18 Å². The SMILES string of the molecule is CCOc1ccc(-c2ccc3c(c2)C=C(C(=O)O)CCN3C=O)cc1F. The van der Waals surface area contributed by atoms with Crippen LogP contribution in [0.5, 0.6) is 5.75 Å². The van der Waals surface area contributed by atoms with E-state index in [1.54, 1.807) is 43.3 Å². The van der Waals surface area contributed by atoms with Crippen LogP contribution in [0.3, 0.4) is 0 Å². The van der Waals surface area contributed by atoms with E-state index in [0.717, 1.165) is 5.56 Å². The van der Waals surface area contributed by atoms with Gasteiger partial charge in [0.25, 0.3) is 0 Å².